The number of carbonyl (C=O) groups excluding carboxylic acids is 1. The first-order valence-corrected chi connectivity index (χ1v) is 8.57. The molecule has 2 unspecified atom stereocenters. The van der Waals surface area contributed by atoms with Crippen LogP contribution in [0.5, 0.6) is 0 Å². The molecule has 0 aromatic carbocycles. The summed E-state index contributed by atoms with van der Waals surface area (Å²) in [6.45, 7) is 0. The second-order valence-corrected chi connectivity index (χ2v) is 6.96. The van der Waals surface area contributed by atoms with Crippen molar-refractivity contribution in [3.8, 4) is 0 Å². The molecule has 4 heterocycles. The minimum Gasteiger partial charge on any atom is -0.333 e. The van der Waals surface area contributed by atoms with Gasteiger partial charge in [0.05, 0.1) is 6.04 Å². The number of thiophene rings is 1. The fraction of sp³-hybridized carbons (Fsp3) is 0.438. The van der Waals surface area contributed by atoms with Crippen molar-refractivity contribution in [1.82, 2.24) is 19.7 Å². The number of hydrogen-bond donors (Lipinski definition) is 0. The van der Waals surface area contributed by atoms with Gasteiger partial charge in [-0.1, -0.05) is 6.07 Å². The highest BCUT2D eigenvalue weighted by Crippen LogP contribution is 2.40. The maximum absolute atomic E-state index is 12.6. The molecule has 0 spiro atoms. The highest BCUT2D eigenvalue weighted by atomic mass is 32.1. The summed E-state index contributed by atoms with van der Waals surface area (Å²) in [5.41, 5.74) is 0. The first kappa shape index (κ1) is 13.7. The Balaban J connectivity index is 1.47. The monoisotopic (exact) mass is 314 g/mol. The highest BCUT2D eigenvalue weighted by Gasteiger charge is 2.43. The number of fused-ring (bicyclic) bond motifs is 2. The molecule has 2 aliphatic rings. The summed E-state index contributed by atoms with van der Waals surface area (Å²) in [5.74, 6) is 0.151. The van der Waals surface area contributed by atoms with Crippen LogP contribution < -0.4 is 0 Å². The van der Waals surface area contributed by atoms with Crippen molar-refractivity contribution < 1.29 is 4.79 Å². The van der Waals surface area contributed by atoms with Gasteiger partial charge in [-0.3, -0.25) is 4.79 Å². The first-order chi connectivity index (χ1) is 10.8. The van der Waals surface area contributed by atoms with Crippen LogP contribution in [0.25, 0.3) is 6.08 Å². The Morgan fingerprint density at radius 3 is 2.73 bits per heavy atom. The molecule has 2 aliphatic heterocycles. The predicted molar refractivity (Wildman–Crippen MR) is 85.3 cm³/mol. The lowest BCUT2D eigenvalue weighted by Crippen LogP contribution is -2.46. The summed E-state index contributed by atoms with van der Waals surface area (Å²) >= 11 is 1.65. The Kier molecular flexibility index (Phi) is 3.54. The Bertz CT molecular complexity index is 650. The fourth-order valence-electron chi connectivity index (χ4n) is 3.76. The summed E-state index contributed by atoms with van der Waals surface area (Å²) in [5, 5.41) is 6.29. The van der Waals surface area contributed by atoms with Gasteiger partial charge >= 0.3 is 0 Å². The van der Waals surface area contributed by atoms with Crippen molar-refractivity contribution in [1.29, 1.82) is 0 Å². The van der Waals surface area contributed by atoms with Gasteiger partial charge < -0.3 is 4.90 Å². The van der Waals surface area contributed by atoms with Gasteiger partial charge in [0.1, 0.15) is 12.7 Å². The lowest BCUT2D eigenvalue weighted by molar-refractivity contribution is -0.130. The number of aromatic nitrogens is 3. The molecule has 22 heavy (non-hydrogen) atoms. The van der Waals surface area contributed by atoms with E-state index in [1.54, 1.807) is 30.1 Å². The van der Waals surface area contributed by atoms with Crippen molar-refractivity contribution in [2.75, 3.05) is 0 Å². The third-order valence-electron chi connectivity index (χ3n) is 4.71. The molecule has 0 radical (unpaired) electrons. The SMILES string of the molecule is O=C(/C=C/c1cccs1)N1C2CCC1CC(n1cncn1)C2. The number of carbonyl (C=O) groups is 1. The van der Waals surface area contributed by atoms with E-state index in [-0.39, 0.29) is 5.91 Å². The van der Waals surface area contributed by atoms with E-state index in [1.165, 1.54) is 0 Å². The van der Waals surface area contributed by atoms with E-state index in [0.29, 0.717) is 18.1 Å². The molecule has 0 N–H and O–H groups in total. The van der Waals surface area contributed by atoms with Gasteiger partial charge in [-0.25, -0.2) is 9.67 Å². The molecule has 2 bridgehead atoms. The molecule has 114 valence electrons. The van der Waals surface area contributed by atoms with Crippen LogP contribution in [-0.4, -0.2) is 37.7 Å². The second-order valence-electron chi connectivity index (χ2n) is 5.98. The van der Waals surface area contributed by atoms with Crippen molar-refractivity contribution in [3.05, 3.63) is 41.1 Å². The van der Waals surface area contributed by atoms with Gasteiger partial charge in [0.2, 0.25) is 5.91 Å². The molecule has 2 saturated heterocycles. The fourth-order valence-corrected chi connectivity index (χ4v) is 4.37. The zero-order chi connectivity index (χ0) is 14.9. The molecule has 5 nitrogen and oxygen atoms in total. The maximum atomic E-state index is 12.6. The third-order valence-corrected chi connectivity index (χ3v) is 5.54. The summed E-state index contributed by atoms with van der Waals surface area (Å²) in [6, 6.07) is 5.09. The van der Waals surface area contributed by atoms with E-state index in [1.807, 2.05) is 28.3 Å². The Morgan fingerprint density at radius 2 is 2.09 bits per heavy atom. The quantitative estimate of drug-likeness (QED) is 0.819. The third kappa shape index (κ3) is 2.47. The molecule has 2 aromatic rings. The molecule has 2 atom stereocenters. The molecule has 6 heteroatoms. The van der Waals surface area contributed by atoms with Crippen molar-refractivity contribution in [2.45, 2.75) is 43.8 Å². The summed E-state index contributed by atoms with van der Waals surface area (Å²) in [4.78, 5) is 19.8. The number of amides is 1. The molecule has 4 rings (SSSR count). The minimum atomic E-state index is 0.151. The topological polar surface area (TPSA) is 51.0 Å². The lowest BCUT2D eigenvalue weighted by atomic mass is 9.97. The van der Waals surface area contributed by atoms with Crippen LogP contribution in [0.15, 0.2) is 36.2 Å². The second kappa shape index (κ2) is 5.68. The van der Waals surface area contributed by atoms with E-state index < -0.39 is 0 Å². The number of nitrogens with zero attached hydrogens (tertiary/aromatic N) is 4. The summed E-state index contributed by atoms with van der Waals surface area (Å²) < 4.78 is 1.95. The van der Waals surface area contributed by atoms with E-state index in [2.05, 4.69) is 15.0 Å². The van der Waals surface area contributed by atoms with Crippen molar-refractivity contribution in [3.63, 3.8) is 0 Å². The minimum absolute atomic E-state index is 0.151. The van der Waals surface area contributed by atoms with Crippen LogP contribution in [0.4, 0.5) is 0 Å². The normalized spacial score (nSPS) is 27.6. The van der Waals surface area contributed by atoms with Crippen LogP contribution in [0, 0.1) is 0 Å². The smallest absolute Gasteiger partial charge is 0.247 e. The van der Waals surface area contributed by atoms with Crippen LogP contribution in [0.3, 0.4) is 0 Å². The largest absolute Gasteiger partial charge is 0.333 e. The number of rotatable bonds is 3. The van der Waals surface area contributed by atoms with E-state index >= 15 is 0 Å². The molecular formula is C16H18N4OS. The summed E-state index contributed by atoms with van der Waals surface area (Å²) in [7, 11) is 0. The molecule has 2 aromatic heterocycles. The van der Waals surface area contributed by atoms with Gasteiger partial charge in [-0.15, -0.1) is 11.3 Å². The van der Waals surface area contributed by atoms with Crippen molar-refractivity contribution >= 4 is 23.3 Å². The molecule has 2 fully saturated rings. The van der Waals surface area contributed by atoms with Gasteiger partial charge in [0.25, 0.3) is 0 Å². The standard InChI is InChI=1S/C16H18N4OS/c21-16(6-5-15-2-1-7-22-15)20-12-3-4-13(20)9-14(8-12)19-11-17-10-18-19/h1-2,5-7,10-14H,3-4,8-9H2/b6-5+. The zero-order valence-corrected chi connectivity index (χ0v) is 13.0. The van der Waals surface area contributed by atoms with Crippen LogP contribution in [0.1, 0.15) is 36.6 Å². The molecule has 1 amide bonds. The molecular weight excluding hydrogens is 296 g/mol. The number of hydrogen-bond acceptors (Lipinski definition) is 4. The van der Waals surface area contributed by atoms with E-state index in [0.717, 1.165) is 30.6 Å². The van der Waals surface area contributed by atoms with Gasteiger partial charge in [-0.2, -0.15) is 5.10 Å². The molecule has 0 saturated carbocycles. The van der Waals surface area contributed by atoms with Crippen LogP contribution >= 0.6 is 11.3 Å². The average Bonchev–Trinajstić information content (AvgIpc) is 3.25. The Labute approximate surface area is 133 Å². The van der Waals surface area contributed by atoms with E-state index in [4.69, 9.17) is 0 Å². The Hall–Kier alpha value is -1.95. The lowest BCUT2D eigenvalue weighted by Gasteiger charge is -2.38. The van der Waals surface area contributed by atoms with Crippen LogP contribution in [-0.2, 0) is 4.79 Å². The Morgan fingerprint density at radius 1 is 1.27 bits per heavy atom. The van der Waals surface area contributed by atoms with Gasteiger partial charge in [0.15, 0.2) is 0 Å². The van der Waals surface area contributed by atoms with Crippen LogP contribution in [0.2, 0.25) is 0 Å². The maximum Gasteiger partial charge on any atom is 0.247 e. The summed E-state index contributed by atoms with van der Waals surface area (Å²) in [6.07, 6.45) is 11.2. The van der Waals surface area contributed by atoms with Gasteiger partial charge in [0, 0.05) is 23.0 Å². The average molecular weight is 314 g/mol. The first-order valence-electron chi connectivity index (χ1n) is 7.69. The highest BCUT2D eigenvalue weighted by molar-refractivity contribution is 7.10. The zero-order valence-electron chi connectivity index (χ0n) is 12.2. The number of piperidine rings is 1. The van der Waals surface area contributed by atoms with Crippen molar-refractivity contribution in [2.24, 2.45) is 0 Å². The van der Waals surface area contributed by atoms with Gasteiger partial charge in [-0.05, 0) is 43.2 Å². The van der Waals surface area contributed by atoms with E-state index in [9.17, 15) is 4.79 Å². The molecule has 0 aliphatic carbocycles. The predicted octanol–water partition coefficient (Wildman–Crippen LogP) is 2.75.